The van der Waals surface area contributed by atoms with Crippen LogP contribution in [0.2, 0.25) is 0 Å². The molecule has 2 N–H and O–H groups in total. The molecule has 1 atom stereocenters. The number of ether oxygens (including phenoxy) is 1. The molecule has 0 saturated carbocycles. The van der Waals surface area contributed by atoms with Crippen LogP contribution in [0.3, 0.4) is 0 Å². The van der Waals surface area contributed by atoms with Crippen molar-refractivity contribution in [2.24, 2.45) is 0 Å². The van der Waals surface area contributed by atoms with Crippen LogP contribution >= 0.6 is 0 Å². The number of rotatable bonds is 9. The predicted octanol–water partition coefficient (Wildman–Crippen LogP) is 1.95. The molecule has 9 nitrogen and oxygen atoms in total. The third-order valence-electron chi connectivity index (χ3n) is 4.38. The molecule has 0 spiro atoms. The van der Waals surface area contributed by atoms with Gasteiger partial charge in [0.25, 0.3) is 0 Å². The van der Waals surface area contributed by atoms with E-state index in [9.17, 15) is 21.6 Å². The molecule has 0 bridgehead atoms. The lowest BCUT2D eigenvalue weighted by molar-refractivity contribution is -0.119. The van der Waals surface area contributed by atoms with Crippen molar-refractivity contribution >= 4 is 31.6 Å². The van der Waals surface area contributed by atoms with Crippen LogP contribution in [0.5, 0.6) is 5.75 Å². The molecular formula is C20H27N3O6S2. The van der Waals surface area contributed by atoms with Crippen molar-refractivity contribution in [3.63, 3.8) is 0 Å². The highest BCUT2D eigenvalue weighted by molar-refractivity contribution is 7.89. The number of carbonyl (C=O) groups is 1. The van der Waals surface area contributed by atoms with Gasteiger partial charge in [-0.3, -0.25) is 4.79 Å². The molecule has 2 aromatic carbocycles. The molecule has 2 aromatic rings. The Hall–Kier alpha value is -2.47. The highest BCUT2D eigenvalue weighted by Gasteiger charge is 2.31. The van der Waals surface area contributed by atoms with Crippen LogP contribution in [0.4, 0.5) is 5.69 Å². The highest BCUT2D eigenvalue weighted by Crippen LogP contribution is 2.30. The molecule has 0 aliphatic rings. The minimum atomic E-state index is -3.82. The summed E-state index contributed by atoms with van der Waals surface area (Å²) in [5, 5.41) is 2.62. The average Bonchev–Trinajstić information content (AvgIpc) is 2.67. The summed E-state index contributed by atoms with van der Waals surface area (Å²) >= 11 is 0. The summed E-state index contributed by atoms with van der Waals surface area (Å²) in [5.74, 6) is -0.436. The zero-order valence-electron chi connectivity index (χ0n) is 18.0. The number of hydrogen-bond acceptors (Lipinski definition) is 6. The van der Waals surface area contributed by atoms with E-state index in [4.69, 9.17) is 4.74 Å². The van der Waals surface area contributed by atoms with E-state index in [0.29, 0.717) is 5.56 Å². The minimum absolute atomic E-state index is 0.0648. The Balaban J connectivity index is 2.48. The summed E-state index contributed by atoms with van der Waals surface area (Å²) < 4.78 is 58.0. The van der Waals surface area contributed by atoms with Crippen LogP contribution in [0.25, 0.3) is 0 Å². The first kappa shape index (κ1) is 24.8. The van der Waals surface area contributed by atoms with Gasteiger partial charge in [0.2, 0.25) is 26.0 Å². The zero-order chi connectivity index (χ0) is 23.4. The summed E-state index contributed by atoms with van der Waals surface area (Å²) in [6, 6.07) is 11.0. The third-order valence-corrected chi connectivity index (χ3v) is 7.29. The Morgan fingerprint density at radius 2 is 1.65 bits per heavy atom. The Kier molecular flexibility index (Phi) is 7.82. The number of likely N-dealkylation sites (N-methyl/N-ethyl adjacent to an activating group) is 1. The summed E-state index contributed by atoms with van der Waals surface area (Å²) in [5.41, 5.74) is 0.555. The lowest BCUT2D eigenvalue weighted by Gasteiger charge is -2.26. The quantitative estimate of drug-likeness (QED) is 0.579. The van der Waals surface area contributed by atoms with Crippen molar-refractivity contribution in [2.45, 2.75) is 30.8 Å². The Labute approximate surface area is 183 Å². The fourth-order valence-electron chi connectivity index (χ4n) is 2.88. The molecule has 0 unspecified atom stereocenters. The number of hydrogen-bond donors (Lipinski definition) is 2. The van der Waals surface area contributed by atoms with E-state index < -0.39 is 32.0 Å². The summed E-state index contributed by atoms with van der Waals surface area (Å²) in [6.07, 6.45) is 1.00. The fraction of sp³-hybridized carbons (Fsp3) is 0.350. The van der Waals surface area contributed by atoms with Crippen LogP contribution in [0, 0.1) is 0 Å². The van der Waals surface area contributed by atoms with Gasteiger partial charge >= 0.3 is 0 Å². The van der Waals surface area contributed by atoms with E-state index in [-0.39, 0.29) is 22.4 Å². The van der Waals surface area contributed by atoms with E-state index in [1.54, 1.807) is 44.2 Å². The van der Waals surface area contributed by atoms with Crippen LogP contribution in [-0.4, -0.2) is 53.5 Å². The monoisotopic (exact) mass is 469 g/mol. The van der Waals surface area contributed by atoms with Gasteiger partial charge in [-0.15, -0.1) is 0 Å². The first-order chi connectivity index (χ1) is 14.4. The molecule has 1 amide bonds. The van der Waals surface area contributed by atoms with Crippen LogP contribution in [0.15, 0.2) is 53.4 Å². The van der Waals surface area contributed by atoms with Crippen LogP contribution < -0.4 is 14.8 Å². The summed E-state index contributed by atoms with van der Waals surface area (Å²) in [6.45, 7) is 3.38. The minimum Gasteiger partial charge on any atom is -0.495 e. The SMILES string of the molecule is COc1ccc(S(=O)(=O)NC(C)C)cc1NC(=O)[C@@H](c1ccccc1)N(C)S(C)(=O)=O. The van der Waals surface area contributed by atoms with Gasteiger partial charge in [0.1, 0.15) is 11.8 Å². The van der Waals surface area contributed by atoms with Crippen molar-refractivity contribution in [1.82, 2.24) is 9.03 Å². The Bertz CT molecular complexity index is 1130. The second kappa shape index (κ2) is 9.77. The van der Waals surface area contributed by atoms with Crippen molar-refractivity contribution in [1.29, 1.82) is 0 Å². The van der Waals surface area contributed by atoms with Gasteiger partial charge in [0.05, 0.1) is 23.9 Å². The van der Waals surface area contributed by atoms with Gasteiger partial charge in [0.15, 0.2) is 0 Å². The number of methoxy groups -OCH3 is 1. The molecule has 0 fully saturated rings. The number of anilines is 1. The Morgan fingerprint density at radius 1 is 1.03 bits per heavy atom. The molecule has 11 heteroatoms. The van der Waals surface area contributed by atoms with Crippen molar-refractivity contribution in [2.75, 3.05) is 25.7 Å². The van der Waals surface area contributed by atoms with Crippen molar-refractivity contribution < 1.29 is 26.4 Å². The molecule has 0 heterocycles. The van der Waals surface area contributed by atoms with Gasteiger partial charge in [-0.25, -0.2) is 21.6 Å². The average molecular weight is 470 g/mol. The Morgan fingerprint density at radius 3 is 2.16 bits per heavy atom. The number of amides is 1. The largest absolute Gasteiger partial charge is 0.495 e. The van der Waals surface area contributed by atoms with E-state index in [0.717, 1.165) is 10.6 Å². The number of nitrogens with zero attached hydrogens (tertiary/aromatic N) is 1. The number of sulfonamides is 2. The maximum absolute atomic E-state index is 13.2. The van der Waals surface area contributed by atoms with E-state index in [2.05, 4.69) is 10.0 Å². The van der Waals surface area contributed by atoms with Gasteiger partial charge in [-0.2, -0.15) is 4.31 Å². The summed E-state index contributed by atoms with van der Waals surface area (Å²) in [4.78, 5) is 13.1. The normalized spacial score (nSPS) is 13.3. The third kappa shape index (κ3) is 6.26. The molecule has 0 saturated heterocycles. The second-order valence-electron chi connectivity index (χ2n) is 7.22. The lowest BCUT2D eigenvalue weighted by Crippen LogP contribution is -2.38. The second-order valence-corrected chi connectivity index (χ2v) is 11.0. The topological polar surface area (TPSA) is 122 Å². The van der Waals surface area contributed by atoms with Crippen LogP contribution in [0.1, 0.15) is 25.5 Å². The number of nitrogens with one attached hydrogen (secondary N) is 2. The van der Waals surface area contributed by atoms with E-state index >= 15 is 0 Å². The molecule has 0 aliphatic carbocycles. The molecule has 0 aliphatic heterocycles. The first-order valence-electron chi connectivity index (χ1n) is 9.36. The van der Waals surface area contributed by atoms with Gasteiger partial charge in [-0.1, -0.05) is 30.3 Å². The smallest absolute Gasteiger partial charge is 0.247 e. The molecule has 0 aromatic heterocycles. The lowest BCUT2D eigenvalue weighted by atomic mass is 10.1. The van der Waals surface area contributed by atoms with Gasteiger partial charge in [-0.05, 0) is 37.6 Å². The molecule has 170 valence electrons. The van der Waals surface area contributed by atoms with Gasteiger partial charge in [0, 0.05) is 13.1 Å². The van der Waals surface area contributed by atoms with Gasteiger partial charge < -0.3 is 10.1 Å². The standard InChI is InChI=1S/C20H27N3O6S2/c1-14(2)22-31(27,28)16-11-12-18(29-4)17(13-16)21-20(24)19(23(3)30(5,25)26)15-9-7-6-8-10-15/h6-14,19,22H,1-5H3,(H,21,24)/t19-/m1/s1. The maximum Gasteiger partial charge on any atom is 0.247 e. The first-order valence-corrected chi connectivity index (χ1v) is 12.7. The number of benzene rings is 2. The molecular weight excluding hydrogens is 442 g/mol. The molecule has 0 radical (unpaired) electrons. The van der Waals surface area contributed by atoms with Crippen molar-refractivity contribution in [3.8, 4) is 5.75 Å². The van der Waals surface area contributed by atoms with E-state index in [1.165, 1.54) is 32.4 Å². The zero-order valence-corrected chi connectivity index (χ0v) is 19.6. The van der Waals surface area contributed by atoms with Crippen LogP contribution in [-0.2, 0) is 24.8 Å². The maximum atomic E-state index is 13.2. The molecule has 31 heavy (non-hydrogen) atoms. The summed E-state index contributed by atoms with van der Waals surface area (Å²) in [7, 11) is -4.85. The molecule has 2 rings (SSSR count). The fourth-order valence-corrected chi connectivity index (χ4v) is 4.76. The highest BCUT2D eigenvalue weighted by atomic mass is 32.2. The van der Waals surface area contributed by atoms with Crippen molar-refractivity contribution in [3.05, 3.63) is 54.1 Å². The van der Waals surface area contributed by atoms with E-state index in [1.807, 2.05) is 0 Å². The predicted molar refractivity (Wildman–Crippen MR) is 119 cm³/mol. The number of carbonyl (C=O) groups excluding carboxylic acids is 1.